The molecule has 1 fully saturated rings. The molecule has 1 aromatic heterocycles. The highest BCUT2D eigenvalue weighted by molar-refractivity contribution is 7.17. The van der Waals surface area contributed by atoms with Crippen LogP contribution in [0.1, 0.15) is 15.2 Å². The smallest absolute Gasteiger partial charge is 0.326 e. The molecule has 0 atom stereocenters. The monoisotopic (exact) mass is 422 g/mol. The van der Waals surface area contributed by atoms with Crippen molar-refractivity contribution in [3.05, 3.63) is 65.2 Å². The van der Waals surface area contributed by atoms with Crippen LogP contribution in [0.5, 0.6) is 11.5 Å². The Balaban J connectivity index is 1.25. The minimum atomic E-state index is -0.287. The summed E-state index contributed by atoms with van der Waals surface area (Å²) in [4.78, 5) is 33.5. The summed E-state index contributed by atoms with van der Waals surface area (Å²) in [6.07, 6.45) is 1.50. The van der Waals surface area contributed by atoms with E-state index in [1.54, 1.807) is 28.0 Å². The van der Waals surface area contributed by atoms with Gasteiger partial charge in [0.1, 0.15) is 4.88 Å². The molecule has 0 unspecified atom stereocenters. The predicted octanol–water partition coefficient (Wildman–Crippen LogP) is 3.57. The van der Waals surface area contributed by atoms with Crippen molar-refractivity contribution in [2.45, 2.75) is 6.54 Å². The van der Waals surface area contributed by atoms with Crippen LogP contribution >= 0.6 is 11.3 Å². The lowest BCUT2D eigenvalue weighted by atomic mass is 10.2. The third kappa shape index (κ3) is 3.55. The second-order valence-electron chi connectivity index (χ2n) is 6.87. The number of thiazole rings is 1. The van der Waals surface area contributed by atoms with Gasteiger partial charge in [0, 0.05) is 31.4 Å². The molecule has 0 aliphatic carbocycles. The molecule has 0 saturated carbocycles. The van der Waals surface area contributed by atoms with Crippen LogP contribution < -0.4 is 19.7 Å². The van der Waals surface area contributed by atoms with Gasteiger partial charge in [-0.05, 0) is 17.7 Å². The van der Waals surface area contributed by atoms with E-state index in [9.17, 15) is 9.59 Å². The van der Waals surface area contributed by atoms with Crippen molar-refractivity contribution in [1.29, 1.82) is 0 Å². The highest BCUT2D eigenvalue weighted by Crippen LogP contribution is 2.34. The van der Waals surface area contributed by atoms with E-state index in [2.05, 4.69) is 10.3 Å². The molecule has 3 amide bonds. The number of hydrogen-bond donors (Lipinski definition) is 1. The fraction of sp³-hybridized carbons (Fsp3) is 0.190. The molecule has 5 rings (SSSR count). The van der Waals surface area contributed by atoms with E-state index >= 15 is 0 Å². The Bertz CT molecular complexity index is 1100. The molecule has 0 bridgehead atoms. The van der Waals surface area contributed by atoms with Crippen molar-refractivity contribution in [3.8, 4) is 11.5 Å². The van der Waals surface area contributed by atoms with Crippen LogP contribution in [-0.2, 0) is 6.54 Å². The van der Waals surface area contributed by atoms with E-state index in [0.29, 0.717) is 46.8 Å². The Morgan fingerprint density at radius 3 is 2.80 bits per heavy atom. The molecule has 0 spiro atoms. The molecule has 3 aromatic rings. The Kier molecular flexibility index (Phi) is 4.72. The Labute approximate surface area is 176 Å². The summed E-state index contributed by atoms with van der Waals surface area (Å²) in [6.45, 7) is 1.89. The van der Waals surface area contributed by atoms with Crippen molar-refractivity contribution in [2.75, 3.05) is 30.1 Å². The second-order valence-corrected chi connectivity index (χ2v) is 7.88. The molecular weight excluding hydrogens is 404 g/mol. The van der Waals surface area contributed by atoms with Gasteiger partial charge in [0.15, 0.2) is 16.6 Å². The summed E-state index contributed by atoms with van der Waals surface area (Å²) in [5, 5.41) is 3.35. The number of aromatic nitrogens is 1. The Morgan fingerprint density at radius 1 is 1.10 bits per heavy atom. The Morgan fingerprint density at radius 2 is 1.93 bits per heavy atom. The van der Waals surface area contributed by atoms with Crippen molar-refractivity contribution in [2.24, 2.45) is 0 Å². The van der Waals surface area contributed by atoms with Crippen LogP contribution in [0, 0.1) is 0 Å². The van der Waals surface area contributed by atoms with Crippen LogP contribution in [-0.4, -0.2) is 41.7 Å². The summed E-state index contributed by atoms with van der Waals surface area (Å²) < 4.78 is 10.6. The van der Waals surface area contributed by atoms with Gasteiger partial charge in [0.05, 0.1) is 6.20 Å². The number of hydrogen-bond acceptors (Lipinski definition) is 6. The standard InChI is InChI=1S/C21H18N4O4S/c26-19(23-15-6-7-16-17(10-15)29-13-28-16)18-11-22-20(30-18)25-9-8-24(21(25)27)12-14-4-2-1-3-5-14/h1-7,10-11H,8-9,12-13H2,(H,23,26). The van der Waals surface area contributed by atoms with E-state index in [4.69, 9.17) is 9.47 Å². The fourth-order valence-corrected chi connectivity index (χ4v) is 4.20. The normalized spacial score (nSPS) is 15.0. The lowest BCUT2D eigenvalue weighted by Crippen LogP contribution is -2.31. The van der Waals surface area contributed by atoms with Gasteiger partial charge in [-0.15, -0.1) is 0 Å². The van der Waals surface area contributed by atoms with Crippen molar-refractivity contribution >= 4 is 34.1 Å². The Hall–Kier alpha value is -3.59. The molecular formula is C21H18N4O4S. The maximum absolute atomic E-state index is 12.8. The van der Waals surface area contributed by atoms with Crippen LogP contribution in [0.2, 0.25) is 0 Å². The average molecular weight is 422 g/mol. The van der Waals surface area contributed by atoms with E-state index in [0.717, 1.165) is 5.56 Å². The van der Waals surface area contributed by atoms with Gasteiger partial charge in [-0.3, -0.25) is 9.69 Å². The van der Waals surface area contributed by atoms with Crippen molar-refractivity contribution < 1.29 is 19.1 Å². The summed E-state index contributed by atoms with van der Waals surface area (Å²) in [5.41, 5.74) is 1.68. The van der Waals surface area contributed by atoms with Gasteiger partial charge in [-0.1, -0.05) is 41.7 Å². The van der Waals surface area contributed by atoms with E-state index in [1.165, 1.54) is 17.5 Å². The molecule has 3 heterocycles. The molecule has 2 aliphatic rings. The second kappa shape index (κ2) is 7.68. The van der Waals surface area contributed by atoms with Gasteiger partial charge >= 0.3 is 6.03 Å². The van der Waals surface area contributed by atoms with Gasteiger partial charge < -0.3 is 19.7 Å². The summed E-state index contributed by atoms with van der Waals surface area (Å²) in [6, 6.07) is 15.0. The van der Waals surface area contributed by atoms with Gasteiger partial charge in [0.2, 0.25) is 6.79 Å². The zero-order valence-electron chi connectivity index (χ0n) is 15.9. The van der Waals surface area contributed by atoms with E-state index in [-0.39, 0.29) is 18.7 Å². The number of nitrogens with zero attached hydrogens (tertiary/aromatic N) is 3. The molecule has 0 radical (unpaired) electrons. The molecule has 9 heteroatoms. The number of fused-ring (bicyclic) bond motifs is 1. The van der Waals surface area contributed by atoms with Crippen molar-refractivity contribution in [1.82, 2.24) is 9.88 Å². The van der Waals surface area contributed by atoms with Gasteiger partial charge in [-0.25, -0.2) is 9.78 Å². The zero-order chi connectivity index (χ0) is 20.5. The number of ether oxygens (including phenoxy) is 2. The molecule has 152 valence electrons. The van der Waals surface area contributed by atoms with Gasteiger partial charge in [-0.2, -0.15) is 0 Å². The number of benzene rings is 2. The largest absolute Gasteiger partial charge is 0.454 e. The highest BCUT2D eigenvalue weighted by atomic mass is 32.1. The lowest BCUT2D eigenvalue weighted by Gasteiger charge is -2.16. The maximum Gasteiger partial charge on any atom is 0.326 e. The summed E-state index contributed by atoms with van der Waals surface area (Å²) in [5.74, 6) is 0.963. The quantitative estimate of drug-likeness (QED) is 0.680. The number of carbonyl (C=O) groups excluding carboxylic acids is 2. The minimum Gasteiger partial charge on any atom is -0.454 e. The number of amides is 3. The number of nitrogens with one attached hydrogen (secondary N) is 1. The van der Waals surface area contributed by atoms with Crippen LogP contribution in [0.15, 0.2) is 54.7 Å². The molecule has 1 N–H and O–H groups in total. The van der Waals surface area contributed by atoms with Gasteiger partial charge in [0.25, 0.3) is 5.91 Å². The van der Waals surface area contributed by atoms with Crippen LogP contribution in [0.4, 0.5) is 15.6 Å². The number of carbonyl (C=O) groups is 2. The minimum absolute atomic E-state index is 0.101. The third-order valence-corrected chi connectivity index (χ3v) is 5.91. The summed E-state index contributed by atoms with van der Waals surface area (Å²) in [7, 11) is 0. The van der Waals surface area contributed by atoms with E-state index < -0.39 is 0 Å². The first kappa shape index (κ1) is 18.4. The number of anilines is 2. The summed E-state index contributed by atoms with van der Waals surface area (Å²) >= 11 is 1.19. The lowest BCUT2D eigenvalue weighted by molar-refractivity contribution is 0.103. The zero-order valence-corrected chi connectivity index (χ0v) is 16.7. The van der Waals surface area contributed by atoms with Crippen molar-refractivity contribution in [3.63, 3.8) is 0 Å². The fourth-order valence-electron chi connectivity index (χ4n) is 3.37. The first-order chi connectivity index (χ1) is 14.7. The number of rotatable bonds is 5. The van der Waals surface area contributed by atoms with Crippen LogP contribution in [0.25, 0.3) is 0 Å². The molecule has 1 saturated heterocycles. The maximum atomic E-state index is 12.8. The predicted molar refractivity (Wildman–Crippen MR) is 112 cm³/mol. The number of urea groups is 1. The first-order valence-electron chi connectivity index (χ1n) is 9.44. The molecule has 2 aromatic carbocycles. The first-order valence-corrected chi connectivity index (χ1v) is 10.3. The average Bonchev–Trinajstić information content (AvgIpc) is 3.49. The third-order valence-electron chi connectivity index (χ3n) is 4.89. The molecule has 8 nitrogen and oxygen atoms in total. The molecule has 30 heavy (non-hydrogen) atoms. The molecule has 2 aliphatic heterocycles. The van der Waals surface area contributed by atoms with Crippen LogP contribution in [0.3, 0.4) is 0 Å². The topological polar surface area (TPSA) is 84.0 Å². The SMILES string of the molecule is O=C(Nc1ccc2c(c1)OCO2)c1cnc(N2CCN(Cc3ccccc3)C2=O)s1. The van der Waals surface area contributed by atoms with E-state index in [1.807, 2.05) is 30.3 Å². The highest BCUT2D eigenvalue weighted by Gasteiger charge is 2.31.